The molecule has 2 heterocycles. The lowest BCUT2D eigenvalue weighted by Crippen LogP contribution is -2.29. The number of nitriles is 1. The maximum atomic E-state index is 12.9. The molecular formula is C21H20N4OS. The molecule has 4 rings (SSSR count). The van der Waals surface area contributed by atoms with Crippen LogP contribution in [0.1, 0.15) is 43.0 Å². The van der Waals surface area contributed by atoms with Crippen molar-refractivity contribution in [1.29, 1.82) is 5.26 Å². The average Bonchev–Trinajstić information content (AvgIpc) is 2.86. The molecule has 2 aliphatic rings. The molecule has 0 fully saturated rings. The fraction of sp³-hybridized carbons (Fsp3) is 0.333. The molecule has 1 amide bonds. The molecule has 1 unspecified atom stereocenters. The first kappa shape index (κ1) is 17.7. The van der Waals surface area contributed by atoms with E-state index in [4.69, 9.17) is 4.98 Å². The van der Waals surface area contributed by atoms with Crippen LogP contribution in [-0.4, -0.2) is 21.9 Å². The van der Waals surface area contributed by atoms with Gasteiger partial charge in [0.25, 0.3) is 5.91 Å². The summed E-state index contributed by atoms with van der Waals surface area (Å²) in [5.41, 5.74) is 4.30. The number of amides is 1. The quantitative estimate of drug-likeness (QED) is 0.756. The molecule has 0 saturated heterocycles. The number of hydrogen-bond donors (Lipinski definition) is 0. The zero-order chi connectivity index (χ0) is 18.8. The molecule has 1 aliphatic heterocycles. The Bertz CT molecular complexity index is 949. The lowest BCUT2D eigenvalue weighted by molar-refractivity contribution is -0.116. The number of nitrogens with zero attached hydrogens (tertiary/aromatic N) is 4. The van der Waals surface area contributed by atoms with Crippen LogP contribution in [0.25, 0.3) is 0 Å². The van der Waals surface area contributed by atoms with Gasteiger partial charge in [0.2, 0.25) is 0 Å². The Labute approximate surface area is 163 Å². The minimum atomic E-state index is -0.450. The molecule has 27 heavy (non-hydrogen) atoms. The summed E-state index contributed by atoms with van der Waals surface area (Å²) in [4.78, 5) is 17.7. The number of fused-ring (bicyclic) bond motifs is 1. The summed E-state index contributed by atoms with van der Waals surface area (Å²) in [7, 11) is 0. The van der Waals surface area contributed by atoms with Gasteiger partial charge in [-0.3, -0.25) is 4.79 Å². The van der Waals surface area contributed by atoms with Crippen LogP contribution in [0.5, 0.6) is 0 Å². The fourth-order valence-corrected chi connectivity index (χ4v) is 4.55. The molecule has 5 nitrogen and oxygen atoms in total. The van der Waals surface area contributed by atoms with Gasteiger partial charge in [0.1, 0.15) is 16.3 Å². The number of carbonyl (C=O) groups excluding carboxylic acids is 1. The highest BCUT2D eigenvalue weighted by atomic mass is 32.2. The third-order valence-corrected chi connectivity index (χ3v) is 6.25. The molecule has 1 aromatic heterocycles. The van der Waals surface area contributed by atoms with Gasteiger partial charge in [-0.25, -0.2) is 4.98 Å². The standard InChI is InChI=1S/C21H20N4OS/c1-14-19(21(26)25(24-14)17-9-5-3-6-10-17)27-20-16(13-22)12-15-8-4-2-7-11-18(15)23-20/h3,5-6,9-10,12,19H,2,4,7-8,11H2,1H3. The van der Waals surface area contributed by atoms with Crippen molar-refractivity contribution >= 4 is 29.1 Å². The van der Waals surface area contributed by atoms with Crippen molar-refractivity contribution in [2.75, 3.05) is 5.01 Å². The Morgan fingerprint density at radius 1 is 1.19 bits per heavy atom. The highest BCUT2D eigenvalue weighted by Crippen LogP contribution is 2.34. The number of hydrogen-bond acceptors (Lipinski definition) is 5. The van der Waals surface area contributed by atoms with E-state index in [1.54, 1.807) is 0 Å². The molecule has 6 heteroatoms. The van der Waals surface area contributed by atoms with Gasteiger partial charge in [-0.2, -0.15) is 15.4 Å². The monoisotopic (exact) mass is 376 g/mol. The SMILES string of the molecule is CC1=NN(c2ccccc2)C(=O)C1Sc1nc2c(cc1C#N)CCCCC2. The summed E-state index contributed by atoms with van der Waals surface area (Å²) < 4.78 is 0. The van der Waals surface area contributed by atoms with Crippen LogP contribution in [0.15, 0.2) is 46.5 Å². The Hall–Kier alpha value is -2.65. The Morgan fingerprint density at radius 3 is 2.74 bits per heavy atom. The summed E-state index contributed by atoms with van der Waals surface area (Å²) in [5, 5.41) is 15.7. The molecule has 2 aromatic rings. The van der Waals surface area contributed by atoms with Crippen LogP contribution in [0, 0.1) is 11.3 Å². The predicted octanol–water partition coefficient (Wildman–Crippen LogP) is 4.11. The molecule has 1 aliphatic carbocycles. The van der Waals surface area contributed by atoms with Crippen molar-refractivity contribution in [1.82, 2.24) is 4.98 Å². The molecule has 136 valence electrons. The van der Waals surface area contributed by atoms with E-state index >= 15 is 0 Å². The lowest BCUT2D eigenvalue weighted by atomic mass is 10.1. The maximum Gasteiger partial charge on any atom is 0.266 e. The maximum absolute atomic E-state index is 12.9. The molecule has 0 saturated carbocycles. The summed E-state index contributed by atoms with van der Waals surface area (Å²) in [5.74, 6) is -0.0932. The zero-order valence-corrected chi connectivity index (χ0v) is 16.0. The van der Waals surface area contributed by atoms with Crippen LogP contribution in [0.4, 0.5) is 5.69 Å². The Kier molecular flexibility index (Phi) is 4.95. The number of aromatic nitrogens is 1. The van der Waals surface area contributed by atoms with Crippen LogP contribution in [0.3, 0.4) is 0 Å². The van der Waals surface area contributed by atoms with E-state index in [2.05, 4.69) is 11.2 Å². The van der Waals surface area contributed by atoms with Gasteiger partial charge >= 0.3 is 0 Å². The smallest absolute Gasteiger partial charge is 0.266 e. The molecule has 1 atom stereocenters. The van der Waals surface area contributed by atoms with E-state index in [0.29, 0.717) is 10.6 Å². The van der Waals surface area contributed by atoms with E-state index in [0.717, 1.165) is 42.8 Å². The normalized spacial score (nSPS) is 19.3. The third-order valence-electron chi connectivity index (χ3n) is 4.94. The second-order valence-corrected chi connectivity index (χ2v) is 7.94. The predicted molar refractivity (Wildman–Crippen MR) is 107 cm³/mol. The number of para-hydroxylation sites is 1. The minimum absolute atomic E-state index is 0.0932. The molecule has 0 spiro atoms. The van der Waals surface area contributed by atoms with Gasteiger partial charge in [-0.05, 0) is 56.4 Å². The van der Waals surface area contributed by atoms with E-state index in [1.165, 1.54) is 28.8 Å². The second kappa shape index (κ2) is 7.53. The first-order valence-electron chi connectivity index (χ1n) is 9.21. The average molecular weight is 376 g/mol. The van der Waals surface area contributed by atoms with E-state index in [9.17, 15) is 10.1 Å². The summed E-state index contributed by atoms with van der Waals surface area (Å²) in [6, 6.07) is 13.6. The molecule has 0 radical (unpaired) electrons. The number of benzene rings is 1. The first-order chi connectivity index (χ1) is 13.2. The van der Waals surface area contributed by atoms with E-state index in [1.807, 2.05) is 43.3 Å². The van der Waals surface area contributed by atoms with Gasteiger partial charge in [-0.15, -0.1) is 0 Å². The largest absolute Gasteiger partial charge is 0.271 e. The van der Waals surface area contributed by atoms with E-state index < -0.39 is 5.25 Å². The van der Waals surface area contributed by atoms with Crippen LogP contribution < -0.4 is 5.01 Å². The number of pyridine rings is 1. The summed E-state index contributed by atoms with van der Waals surface area (Å²) in [6.45, 7) is 1.86. The summed E-state index contributed by atoms with van der Waals surface area (Å²) in [6.07, 6.45) is 5.38. The zero-order valence-electron chi connectivity index (χ0n) is 15.2. The Morgan fingerprint density at radius 2 is 1.96 bits per heavy atom. The van der Waals surface area contributed by atoms with Crippen molar-refractivity contribution in [3.8, 4) is 6.07 Å². The van der Waals surface area contributed by atoms with Crippen molar-refractivity contribution in [3.63, 3.8) is 0 Å². The fourth-order valence-electron chi connectivity index (χ4n) is 3.51. The molecular weight excluding hydrogens is 356 g/mol. The number of hydrazone groups is 1. The van der Waals surface area contributed by atoms with Crippen molar-refractivity contribution in [3.05, 3.63) is 53.2 Å². The molecule has 0 N–H and O–H groups in total. The Balaban J connectivity index is 1.63. The van der Waals surface area contributed by atoms with Crippen molar-refractivity contribution < 1.29 is 4.79 Å². The topological polar surface area (TPSA) is 69.3 Å². The third kappa shape index (κ3) is 3.47. The van der Waals surface area contributed by atoms with Gasteiger partial charge in [0, 0.05) is 5.69 Å². The second-order valence-electron chi connectivity index (χ2n) is 6.84. The van der Waals surface area contributed by atoms with Gasteiger partial charge in [0.05, 0.1) is 17.0 Å². The van der Waals surface area contributed by atoms with Crippen molar-refractivity contribution in [2.45, 2.75) is 49.3 Å². The summed E-state index contributed by atoms with van der Waals surface area (Å²) >= 11 is 1.34. The van der Waals surface area contributed by atoms with Gasteiger partial charge in [-0.1, -0.05) is 36.4 Å². The van der Waals surface area contributed by atoms with E-state index in [-0.39, 0.29) is 5.91 Å². The minimum Gasteiger partial charge on any atom is -0.271 e. The highest BCUT2D eigenvalue weighted by molar-refractivity contribution is 8.01. The van der Waals surface area contributed by atoms with Gasteiger partial charge in [0.15, 0.2) is 0 Å². The van der Waals surface area contributed by atoms with Gasteiger partial charge < -0.3 is 0 Å². The van der Waals surface area contributed by atoms with Crippen LogP contribution in [0.2, 0.25) is 0 Å². The highest BCUT2D eigenvalue weighted by Gasteiger charge is 2.36. The number of rotatable bonds is 3. The molecule has 1 aromatic carbocycles. The van der Waals surface area contributed by atoms with Crippen LogP contribution >= 0.6 is 11.8 Å². The number of carbonyl (C=O) groups is 1. The van der Waals surface area contributed by atoms with Crippen LogP contribution in [-0.2, 0) is 17.6 Å². The number of thioether (sulfide) groups is 1. The number of aryl methyl sites for hydroxylation is 2. The number of anilines is 1. The first-order valence-corrected chi connectivity index (χ1v) is 10.1. The van der Waals surface area contributed by atoms with Crippen molar-refractivity contribution in [2.24, 2.45) is 5.10 Å². The molecule has 0 bridgehead atoms. The lowest BCUT2D eigenvalue weighted by Gasteiger charge is -2.15.